The van der Waals surface area contributed by atoms with Gasteiger partial charge in [0.15, 0.2) is 6.10 Å². The largest absolute Gasteiger partial charge is 0.481 e. The molecule has 0 aromatic heterocycles. The molecule has 1 saturated carbocycles. The zero-order valence-corrected chi connectivity index (χ0v) is 16.0. The topological polar surface area (TPSA) is 84.5 Å². The van der Waals surface area contributed by atoms with Gasteiger partial charge in [-0.3, -0.25) is 4.79 Å². The molecule has 6 nitrogen and oxygen atoms in total. The van der Waals surface area contributed by atoms with Crippen LogP contribution in [0.15, 0.2) is 47.4 Å². The van der Waals surface area contributed by atoms with Crippen LogP contribution in [0.1, 0.15) is 19.8 Å². The predicted molar refractivity (Wildman–Crippen MR) is 99.9 cm³/mol. The van der Waals surface area contributed by atoms with Crippen molar-refractivity contribution in [1.29, 1.82) is 0 Å². The van der Waals surface area contributed by atoms with E-state index >= 15 is 0 Å². The molecule has 0 aliphatic heterocycles. The number of carbonyl (C=O) groups excluding carboxylic acids is 1. The van der Waals surface area contributed by atoms with Gasteiger partial charge in [0.05, 0.1) is 15.6 Å². The van der Waals surface area contributed by atoms with Crippen LogP contribution in [0.2, 0.25) is 5.02 Å². The van der Waals surface area contributed by atoms with Crippen molar-refractivity contribution in [1.82, 2.24) is 4.72 Å². The molecular weight excluding hydrogens is 395 g/mol. The molecule has 1 aliphatic rings. The van der Waals surface area contributed by atoms with Crippen LogP contribution in [-0.2, 0) is 14.8 Å². The molecule has 144 valence electrons. The van der Waals surface area contributed by atoms with Gasteiger partial charge < -0.3 is 10.1 Å². The Kier molecular flexibility index (Phi) is 5.69. The number of benzene rings is 2. The second-order valence-corrected chi connectivity index (χ2v) is 8.36. The maximum atomic E-state index is 12.9. The molecule has 2 N–H and O–H groups in total. The average molecular weight is 413 g/mol. The van der Waals surface area contributed by atoms with Crippen molar-refractivity contribution < 1.29 is 22.3 Å². The van der Waals surface area contributed by atoms with Crippen LogP contribution in [-0.4, -0.2) is 26.5 Å². The smallest absolute Gasteiger partial charge is 0.265 e. The summed E-state index contributed by atoms with van der Waals surface area (Å²) in [7, 11) is -3.67. The second kappa shape index (κ2) is 7.84. The Morgan fingerprint density at radius 3 is 2.52 bits per heavy atom. The molecule has 1 amide bonds. The number of amides is 1. The number of sulfonamides is 1. The predicted octanol–water partition coefficient (Wildman–Crippen LogP) is 3.33. The summed E-state index contributed by atoms with van der Waals surface area (Å²) < 4.78 is 45.6. The molecule has 0 spiro atoms. The summed E-state index contributed by atoms with van der Waals surface area (Å²) in [5.74, 6) is -0.606. The first-order chi connectivity index (χ1) is 12.7. The summed E-state index contributed by atoms with van der Waals surface area (Å²) >= 11 is 6.08. The summed E-state index contributed by atoms with van der Waals surface area (Å²) in [4.78, 5) is 12.4. The van der Waals surface area contributed by atoms with Crippen molar-refractivity contribution in [3.05, 3.63) is 53.3 Å². The van der Waals surface area contributed by atoms with Crippen LogP contribution >= 0.6 is 11.6 Å². The first-order valence-electron chi connectivity index (χ1n) is 8.29. The first-order valence-corrected chi connectivity index (χ1v) is 10.2. The minimum Gasteiger partial charge on any atom is -0.481 e. The van der Waals surface area contributed by atoms with E-state index in [1.54, 1.807) is 0 Å². The second-order valence-electron chi connectivity index (χ2n) is 6.24. The van der Waals surface area contributed by atoms with Gasteiger partial charge in [0.25, 0.3) is 5.91 Å². The van der Waals surface area contributed by atoms with E-state index in [-0.39, 0.29) is 21.6 Å². The van der Waals surface area contributed by atoms with Crippen molar-refractivity contribution in [2.24, 2.45) is 0 Å². The number of hydrogen-bond acceptors (Lipinski definition) is 4. The lowest BCUT2D eigenvalue weighted by Crippen LogP contribution is -2.30. The SMILES string of the molecule is CC(Oc1ccc(F)cc1)C(=O)Nc1cc(S(=O)(=O)NC2CC2)ccc1Cl. The summed E-state index contributed by atoms with van der Waals surface area (Å²) in [5.41, 5.74) is 0.162. The van der Waals surface area contributed by atoms with Crippen molar-refractivity contribution in [2.45, 2.75) is 36.8 Å². The van der Waals surface area contributed by atoms with Crippen LogP contribution in [0.4, 0.5) is 10.1 Å². The third kappa shape index (κ3) is 5.18. The molecule has 9 heteroatoms. The zero-order valence-electron chi connectivity index (χ0n) is 14.4. The average Bonchev–Trinajstić information content (AvgIpc) is 3.42. The zero-order chi connectivity index (χ0) is 19.6. The number of anilines is 1. The highest BCUT2D eigenvalue weighted by atomic mass is 35.5. The highest BCUT2D eigenvalue weighted by Crippen LogP contribution is 2.28. The molecule has 1 aliphatic carbocycles. The highest BCUT2D eigenvalue weighted by Gasteiger charge is 2.28. The fourth-order valence-corrected chi connectivity index (χ4v) is 3.76. The van der Waals surface area contributed by atoms with E-state index in [1.165, 1.54) is 49.4 Å². The van der Waals surface area contributed by atoms with Gasteiger partial charge in [-0.15, -0.1) is 0 Å². The number of rotatable bonds is 7. The molecule has 1 atom stereocenters. The lowest BCUT2D eigenvalue weighted by atomic mass is 10.3. The lowest BCUT2D eigenvalue weighted by Gasteiger charge is -2.16. The van der Waals surface area contributed by atoms with Gasteiger partial charge >= 0.3 is 0 Å². The van der Waals surface area contributed by atoms with Gasteiger partial charge in [0, 0.05) is 6.04 Å². The van der Waals surface area contributed by atoms with Gasteiger partial charge in [-0.2, -0.15) is 0 Å². The summed E-state index contributed by atoms with van der Waals surface area (Å²) in [6.07, 6.45) is 0.722. The summed E-state index contributed by atoms with van der Waals surface area (Å²) in [5, 5.41) is 2.76. The lowest BCUT2D eigenvalue weighted by molar-refractivity contribution is -0.122. The maximum absolute atomic E-state index is 12.9. The minimum absolute atomic E-state index is 0.0150. The van der Waals surface area contributed by atoms with E-state index in [9.17, 15) is 17.6 Å². The van der Waals surface area contributed by atoms with Gasteiger partial charge in [0.2, 0.25) is 10.0 Å². The Labute approximate surface area is 161 Å². The van der Waals surface area contributed by atoms with E-state index in [0.717, 1.165) is 12.8 Å². The Bertz CT molecular complexity index is 946. The van der Waals surface area contributed by atoms with Crippen LogP contribution in [0.5, 0.6) is 5.75 Å². The van der Waals surface area contributed by atoms with Gasteiger partial charge in [-0.1, -0.05) is 11.6 Å². The van der Waals surface area contributed by atoms with E-state index in [2.05, 4.69) is 10.0 Å². The third-order valence-corrected chi connectivity index (χ3v) is 5.75. The van der Waals surface area contributed by atoms with Gasteiger partial charge in [-0.25, -0.2) is 17.5 Å². The van der Waals surface area contributed by atoms with Gasteiger partial charge in [-0.05, 0) is 62.2 Å². The van der Waals surface area contributed by atoms with Crippen LogP contribution in [0.3, 0.4) is 0 Å². The van der Waals surface area contributed by atoms with E-state index in [4.69, 9.17) is 16.3 Å². The molecule has 0 bridgehead atoms. The molecule has 3 rings (SSSR count). The van der Waals surface area contributed by atoms with Crippen LogP contribution < -0.4 is 14.8 Å². The van der Waals surface area contributed by atoms with E-state index in [0.29, 0.717) is 5.75 Å². The Hall–Kier alpha value is -2.16. The molecule has 2 aromatic carbocycles. The standard InChI is InChI=1S/C18H18ClFN2O4S/c1-11(26-14-6-2-12(20)3-7-14)18(23)21-17-10-15(8-9-16(17)19)27(24,25)22-13-4-5-13/h2-3,6-11,13,22H,4-5H2,1H3,(H,21,23). The van der Waals surface area contributed by atoms with Crippen molar-refractivity contribution in [2.75, 3.05) is 5.32 Å². The molecule has 1 unspecified atom stereocenters. The summed E-state index contributed by atoms with van der Waals surface area (Å²) in [6, 6.07) is 9.30. The number of halogens is 2. The Morgan fingerprint density at radius 1 is 1.22 bits per heavy atom. The number of hydrogen-bond donors (Lipinski definition) is 2. The quantitative estimate of drug-likeness (QED) is 0.730. The first kappa shape index (κ1) is 19.6. The number of nitrogens with one attached hydrogen (secondary N) is 2. The molecule has 27 heavy (non-hydrogen) atoms. The molecule has 0 radical (unpaired) electrons. The number of ether oxygens (including phenoxy) is 1. The molecule has 2 aromatic rings. The van der Waals surface area contributed by atoms with Crippen LogP contribution in [0, 0.1) is 5.82 Å². The molecule has 0 saturated heterocycles. The molecule has 0 heterocycles. The Morgan fingerprint density at radius 2 is 1.89 bits per heavy atom. The fraction of sp³-hybridized carbons (Fsp3) is 0.278. The van der Waals surface area contributed by atoms with Crippen molar-refractivity contribution in [3.8, 4) is 5.75 Å². The minimum atomic E-state index is -3.67. The molecular formula is C18H18ClFN2O4S. The van der Waals surface area contributed by atoms with E-state index in [1.807, 2.05) is 0 Å². The van der Waals surface area contributed by atoms with Crippen molar-refractivity contribution in [3.63, 3.8) is 0 Å². The fourth-order valence-electron chi connectivity index (χ4n) is 2.26. The number of carbonyl (C=O) groups is 1. The maximum Gasteiger partial charge on any atom is 0.265 e. The highest BCUT2D eigenvalue weighted by molar-refractivity contribution is 7.89. The van der Waals surface area contributed by atoms with Gasteiger partial charge in [0.1, 0.15) is 11.6 Å². The van der Waals surface area contributed by atoms with E-state index < -0.39 is 27.9 Å². The third-order valence-electron chi connectivity index (χ3n) is 3.90. The van der Waals surface area contributed by atoms with Crippen LogP contribution in [0.25, 0.3) is 0 Å². The summed E-state index contributed by atoms with van der Waals surface area (Å²) in [6.45, 7) is 1.52. The molecule has 1 fully saturated rings. The Balaban J connectivity index is 1.70. The van der Waals surface area contributed by atoms with Crippen molar-refractivity contribution >= 4 is 33.2 Å². The normalized spacial score (nSPS) is 15.2. The monoisotopic (exact) mass is 412 g/mol.